The fraction of sp³-hybridized carbons (Fsp3) is 0.846. The van der Waals surface area contributed by atoms with Crippen molar-refractivity contribution in [3.05, 3.63) is 0 Å². The highest BCUT2D eigenvalue weighted by molar-refractivity contribution is 7.80. The summed E-state index contributed by atoms with van der Waals surface area (Å²) < 4.78 is 0. The zero-order chi connectivity index (χ0) is 13.0. The van der Waals surface area contributed by atoms with Crippen molar-refractivity contribution in [3.8, 4) is 0 Å². The van der Waals surface area contributed by atoms with Gasteiger partial charge in [-0.2, -0.15) is 0 Å². The predicted octanol–water partition coefficient (Wildman–Crippen LogP) is 1.14. The Labute approximate surface area is 114 Å². The second-order valence-corrected chi connectivity index (χ2v) is 5.92. The minimum atomic E-state index is 0.246. The molecule has 0 spiro atoms. The molecule has 1 amide bonds. The van der Waals surface area contributed by atoms with Crippen LogP contribution >= 0.6 is 12.2 Å². The van der Waals surface area contributed by atoms with E-state index in [0.29, 0.717) is 24.1 Å². The molecule has 0 aromatic carbocycles. The maximum Gasteiger partial charge on any atom is 0.236 e. The van der Waals surface area contributed by atoms with Crippen molar-refractivity contribution in [1.29, 1.82) is 0 Å². The maximum absolute atomic E-state index is 12.2. The average molecular weight is 269 g/mol. The fourth-order valence-electron chi connectivity index (χ4n) is 3.02. The number of amides is 1. The number of rotatable bonds is 5. The summed E-state index contributed by atoms with van der Waals surface area (Å²) in [6, 6.07) is 0.498. The highest BCUT2D eigenvalue weighted by Gasteiger charge is 2.27. The number of hydrogen-bond acceptors (Lipinski definition) is 3. The highest BCUT2D eigenvalue weighted by Crippen LogP contribution is 2.23. The van der Waals surface area contributed by atoms with Gasteiger partial charge in [0, 0.05) is 25.7 Å². The third kappa shape index (κ3) is 3.65. The summed E-state index contributed by atoms with van der Waals surface area (Å²) in [6.45, 7) is 2.91. The molecule has 1 heterocycles. The molecule has 2 N–H and O–H groups in total. The van der Waals surface area contributed by atoms with Gasteiger partial charge in [0.25, 0.3) is 0 Å². The minimum Gasteiger partial charge on any atom is -0.392 e. The molecule has 102 valence electrons. The summed E-state index contributed by atoms with van der Waals surface area (Å²) in [7, 11) is 0. The Balaban J connectivity index is 1.90. The van der Waals surface area contributed by atoms with Gasteiger partial charge in [-0.15, -0.1) is 0 Å². The topological polar surface area (TPSA) is 49.6 Å². The van der Waals surface area contributed by atoms with Gasteiger partial charge in [-0.3, -0.25) is 9.69 Å². The number of nitrogens with two attached hydrogens (primary N) is 1. The Kier molecular flexibility index (Phi) is 4.95. The summed E-state index contributed by atoms with van der Waals surface area (Å²) in [5.41, 5.74) is 5.66. The van der Waals surface area contributed by atoms with Crippen molar-refractivity contribution >= 4 is 23.1 Å². The molecule has 1 saturated carbocycles. The SMILES string of the molecule is NC(=S)CN(CC(=O)N1CCCC1)C1CCCC1. The van der Waals surface area contributed by atoms with Crippen LogP contribution in [0.2, 0.25) is 0 Å². The maximum atomic E-state index is 12.2. The molecular weight excluding hydrogens is 246 g/mol. The van der Waals surface area contributed by atoms with Gasteiger partial charge >= 0.3 is 0 Å². The lowest BCUT2D eigenvalue weighted by Crippen LogP contribution is -2.46. The van der Waals surface area contributed by atoms with Gasteiger partial charge in [-0.05, 0) is 25.7 Å². The molecule has 18 heavy (non-hydrogen) atoms. The lowest BCUT2D eigenvalue weighted by Gasteiger charge is -2.29. The van der Waals surface area contributed by atoms with Gasteiger partial charge in [-0.25, -0.2) is 0 Å². The first-order valence-electron chi connectivity index (χ1n) is 6.97. The molecule has 1 aliphatic carbocycles. The summed E-state index contributed by atoms with van der Waals surface area (Å²) in [5, 5.41) is 0. The molecule has 2 fully saturated rings. The molecule has 0 atom stereocenters. The molecule has 2 rings (SSSR count). The van der Waals surface area contributed by atoms with Crippen LogP contribution in [-0.2, 0) is 4.79 Å². The lowest BCUT2D eigenvalue weighted by molar-refractivity contribution is -0.131. The smallest absolute Gasteiger partial charge is 0.236 e. The Morgan fingerprint density at radius 1 is 1.17 bits per heavy atom. The van der Waals surface area contributed by atoms with E-state index in [4.69, 9.17) is 18.0 Å². The van der Waals surface area contributed by atoms with E-state index in [9.17, 15) is 4.79 Å². The van der Waals surface area contributed by atoms with E-state index in [1.165, 1.54) is 25.7 Å². The number of carbonyl (C=O) groups is 1. The Morgan fingerprint density at radius 3 is 2.33 bits per heavy atom. The van der Waals surface area contributed by atoms with E-state index < -0.39 is 0 Å². The predicted molar refractivity (Wildman–Crippen MR) is 76.4 cm³/mol. The Morgan fingerprint density at radius 2 is 1.78 bits per heavy atom. The van der Waals surface area contributed by atoms with Crippen LogP contribution in [0.25, 0.3) is 0 Å². The highest BCUT2D eigenvalue weighted by atomic mass is 32.1. The lowest BCUT2D eigenvalue weighted by atomic mass is 10.2. The van der Waals surface area contributed by atoms with E-state index in [2.05, 4.69) is 4.90 Å². The van der Waals surface area contributed by atoms with Crippen LogP contribution in [0.4, 0.5) is 0 Å². The minimum absolute atomic E-state index is 0.246. The van der Waals surface area contributed by atoms with E-state index >= 15 is 0 Å². The van der Waals surface area contributed by atoms with Crippen LogP contribution in [0.1, 0.15) is 38.5 Å². The van der Waals surface area contributed by atoms with Crippen molar-refractivity contribution < 1.29 is 4.79 Å². The van der Waals surface area contributed by atoms with Crippen molar-refractivity contribution in [2.75, 3.05) is 26.2 Å². The number of thiocarbonyl (C=S) groups is 1. The first-order chi connectivity index (χ1) is 8.66. The molecule has 2 aliphatic rings. The van der Waals surface area contributed by atoms with Crippen LogP contribution in [0.3, 0.4) is 0 Å². The largest absolute Gasteiger partial charge is 0.392 e. The quantitative estimate of drug-likeness (QED) is 0.760. The molecule has 4 nitrogen and oxygen atoms in total. The second kappa shape index (κ2) is 6.48. The zero-order valence-corrected chi connectivity index (χ0v) is 11.8. The van der Waals surface area contributed by atoms with Gasteiger partial charge in [0.05, 0.1) is 11.5 Å². The molecular formula is C13H23N3OS. The molecule has 0 aromatic rings. The van der Waals surface area contributed by atoms with Crippen molar-refractivity contribution in [2.24, 2.45) is 5.73 Å². The zero-order valence-electron chi connectivity index (χ0n) is 10.9. The molecule has 1 aliphatic heterocycles. The van der Waals surface area contributed by atoms with Gasteiger partial charge in [0.15, 0.2) is 0 Å². The first-order valence-corrected chi connectivity index (χ1v) is 7.38. The molecule has 0 aromatic heterocycles. The van der Waals surface area contributed by atoms with E-state index in [1.54, 1.807) is 0 Å². The second-order valence-electron chi connectivity index (χ2n) is 5.40. The van der Waals surface area contributed by atoms with Gasteiger partial charge in [0.2, 0.25) is 5.91 Å². The summed E-state index contributed by atoms with van der Waals surface area (Å²) in [6.07, 6.45) is 7.16. The van der Waals surface area contributed by atoms with Crippen LogP contribution in [0.15, 0.2) is 0 Å². The molecule has 5 heteroatoms. The van der Waals surface area contributed by atoms with Gasteiger partial charge < -0.3 is 10.6 Å². The van der Waals surface area contributed by atoms with Crippen LogP contribution in [-0.4, -0.2) is 52.9 Å². The van der Waals surface area contributed by atoms with Crippen LogP contribution in [0, 0.1) is 0 Å². The van der Waals surface area contributed by atoms with Crippen molar-refractivity contribution in [1.82, 2.24) is 9.80 Å². The van der Waals surface area contributed by atoms with Crippen LogP contribution < -0.4 is 5.73 Å². The summed E-state index contributed by atoms with van der Waals surface area (Å²) in [5.74, 6) is 0.246. The number of carbonyl (C=O) groups excluding carboxylic acids is 1. The molecule has 1 saturated heterocycles. The summed E-state index contributed by atoms with van der Waals surface area (Å²) in [4.78, 5) is 16.9. The normalized spacial score (nSPS) is 20.8. The van der Waals surface area contributed by atoms with E-state index in [0.717, 1.165) is 25.9 Å². The van der Waals surface area contributed by atoms with Gasteiger partial charge in [-0.1, -0.05) is 25.1 Å². The van der Waals surface area contributed by atoms with Crippen molar-refractivity contribution in [3.63, 3.8) is 0 Å². The average Bonchev–Trinajstić information content (AvgIpc) is 3.01. The number of likely N-dealkylation sites (tertiary alicyclic amines) is 1. The molecule has 0 bridgehead atoms. The van der Waals surface area contributed by atoms with E-state index in [-0.39, 0.29) is 5.91 Å². The summed E-state index contributed by atoms with van der Waals surface area (Å²) >= 11 is 5.01. The Bertz CT molecular complexity index is 309. The Hall–Kier alpha value is -0.680. The van der Waals surface area contributed by atoms with Crippen LogP contribution in [0.5, 0.6) is 0 Å². The van der Waals surface area contributed by atoms with E-state index in [1.807, 2.05) is 4.90 Å². The van der Waals surface area contributed by atoms with Gasteiger partial charge in [0.1, 0.15) is 0 Å². The number of nitrogens with zero attached hydrogens (tertiary/aromatic N) is 2. The number of hydrogen-bond donors (Lipinski definition) is 1. The standard InChI is InChI=1S/C13H23N3OS/c14-12(18)9-16(11-5-1-2-6-11)10-13(17)15-7-3-4-8-15/h11H,1-10H2,(H2,14,18). The third-order valence-electron chi connectivity index (χ3n) is 4.00. The molecule has 0 radical (unpaired) electrons. The monoisotopic (exact) mass is 269 g/mol. The third-order valence-corrected chi connectivity index (χ3v) is 4.13. The fourth-order valence-corrected chi connectivity index (χ4v) is 3.19. The molecule has 0 unspecified atom stereocenters. The van der Waals surface area contributed by atoms with Crippen molar-refractivity contribution in [2.45, 2.75) is 44.6 Å². The first kappa shape index (κ1) is 13.7.